The van der Waals surface area contributed by atoms with Crippen molar-refractivity contribution in [1.29, 1.82) is 0 Å². The van der Waals surface area contributed by atoms with E-state index in [4.69, 9.17) is 0 Å². The van der Waals surface area contributed by atoms with Crippen molar-refractivity contribution in [1.82, 2.24) is 0 Å². The minimum Gasteiger partial charge on any atom is -0.466 e. The van der Waals surface area contributed by atoms with E-state index in [1.807, 2.05) is 0 Å². The normalized spacial score (nSPS) is 11.7. The first-order valence-electron chi connectivity index (χ1n) is 9.12. The molecule has 0 aliphatic rings. The Hall–Kier alpha value is -2.44. The molecule has 27 heavy (non-hydrogen) atoms. The quantitative estimate of drug-likeness (QED) is 0.159. The minimum absolute atomic E-state index is 0.237. The molecule has 0 unspecified atom stereocenters. The molecule has 0 aromatic heterocycles. The number of esters is 3. The minimum atomic E-state index is -0.944. The number of carbonyl (C=O) groups is 4. The van der Waals surface area contributed by atoms with Gasteiger partial charge in [-0.1, -0.05) is 45.4 Å². The van der Waals surface area contributed by atoms with Crippen LogP contribution in [0.2, 0.25) is 0 Å². The predicted molar refractivity (Wildman–Crippen MR) is 99.8 cm³/mol. The Balaban J connectivity index is 5.11. The maximum Gasteiger partial charge on any atom is 0.339 e. The fraction of sp³-hybridized carbons (Fsp3) is 0.600. The summed E-state index contributed by atoms with van der Waals surface area (Å²) in [5, 5.41) is 0. The summed E-state index contributed by atoms with van der Waals surface area (Å²) in [4.78, 5) is 47.6. The summed E-state index contributed by atoms with van der Waals surface area (Å²) >= 11 is 0. The van der Waals surface area contributed by atoms with E-state index in [9.17, 15) is 19.2 Å². The summed E-state index contributed by atoms with van der Waals surface area (Å²) in [5.41, 5.74) is -0.716. The predicted octanol–water partition coefficient (Wildman–Crippen LogP) is 3.07. The van der Waals surface area contributed by atoms with Gasteiger partial charge in [-0.3, -0.25) is 4.79 Å². The first-order valence-corrected chi connectivity index (χ1v) is 9.12. The number of ether oxygens (including phenoxy) is 3. The monoisotopic (exact) mass is 382 g/mol. The third kappa shape index (κ3) is 10.3. The second-order valence-corrected chi connectivity index (χ2v) is 5.96. The van der Waals surface area contributed by atoms with Gasteiger partial charge in [0, 0.05) is 12.5 Å². The molecule has 0 aromatic rings. The standard InChI is InChI=1S/C20H30O7/c1-5-6-7-8-9-10-11-12-15(21)13-16(19(23)26-3)17(20(24)27-4)14-18(22)25-2/h13-14H,5-12H2,1-4H3. The van der Waals surface area contributed by atoms with Crippen LogP contribution >= 0.6 is 0 Å². The zero-order chi connectivity index (χ0) is 20.7. The molecule has 0 aliphatic heterocycles. The maximum atomic E-state index is 12.2. The lowest BCUT2D eigenvalue weighted by atomic mass is 10.0. The van der Waals surface area contributed by atoms with Crippen LogP contribution in [-0.4, -0.2) is 45.0 Å². The average molecular weight is 382 g/mol. The first kappa shape index (κ1) is 24.6. The molecule has 0 N–H and O–H groups in total. The fourth-order valence-electron chi connectivity index (χ4n) is 2.38. The van der Waals surface area contributed by atoms with Crippen LogP contribution in [0.15, 0.2) is 23.3 Å². The van der Waals surface area contributed by atoms with Crippen molar-refractivity contribution in [3.05, 3.63) is 23.3 Å². The van der Waals surface area contributed by atoms with Gasteiger partial charge in [-0.2, -0.15) is 0 Å². The Labute approximate surface area is 160 Å². The van der Waals surface area contributed by atoms with Crippen molar-refractivity contribution in [3.8, 4) is 0 Å². The van der Waals surface area contributed by atoms with Gasteiger partial charge in [-0.05, 0) is 12.5 Å². The van der Waals surface area contributed by atoms with E-state index in [1.54, 1.807) is 0 Å². The molecular weight excluding hydrogens is 352 g/mol. The molecule has 7 nitrogen and oxygen atoms in total. The number of unbranched alkanes of at least 4 members (excludes halogenated alkanes) is 6. The van der Waals surface area contributed by atoms with Gasteiger partial charge < -0.3 is 14.2 Å². The van der Waals surface area contributed by atoms with Crippen LogP contribution in [0.5, 0.6) is 0 Å². The van der Waals surface area contributed by atoms with Crippen molar-refractivity contribution in [3.63, 3.8) is 0 Å². The van der Waals surface area contributed by atoms with E-state index in [-0.39, 0.29) is 23.4 Å². The topological polar surface area (TPSA) is 96.0 Å². The van der Waals surface area contributed by atoms with Crippen molar-refractivity contribution in [2.24, 2.45) is 0 Å². The lowest BCUT2D eigenvalue weighted by Gasteiger charge is -2.08. The molecule has 0 bridgehead atoms. The van der Waals surface area contributed by atoms with Crippen LogP contribution in [0.3, 0.4) is 0 Å². The molecule has 0 saturated carbocycles. The van der Waals surface area contributed by atoms with Crippen molar-refractivity contribution < 1.29 is 33.4 Å². The van der Waals surface area contributed by atoms with E-state index in [1.165, 1.54) is 19.3 Å². The number of rotatable bonds is 13. The molecule has 0 aromatic carbocycles. The van der Waals surface area contributed by atoms with Gasteiger partial charge >= 0.3 is 17.9 Å². The molecule has 0 atom stereocenters. The second-order valence-electron chi connectivity index (χ2n) is 5.96. The second kappa shape index (κ2) is 14.7. The van der Waals surface area contributed by atoms with Crippen LogP contribution in [0.4, 0.5) is 0 Å². The Bertz CT molecular complexity index is 573. The van der Waals surface area contributed by atoms with E-state index >= 15 is 0 Å². The first-order chi connectivity index (χ1) is 12.9. The summed E-state index contributed by atoms with van der Waals surface area (Å²) < 4.78 is 13.7. The van der Waals surface area contributed by atoms with Crippen molar-refractivity contribution in [2.75, 3.05) is 21.3 Å². The van der Waals surface area contributed by atoms with E-state index in [0.717, 1.165) is 52.7 Å². The van der Waals surface area contributed by atoms with E-state index in [2.05, 4.69) is 21.1 Å². The van der Waals surface area contributed by atoms with E-state index in [0.29, 0.717) is 6.42 Å². The molecule has 0 aliphatic carbocycles. The Morgan fingerprint density at radius 2 is 1.15 bits per heavy atom. The highest BCUT2D eigenvalue weighted by atomic mass is 16.5. The molecule has 0 amide bonds. The smallest absolute Gasteiger partial charge is 0.339 e. The highest BCUT2D eigenvalue weighted by Gasteiger charge is 2.24. The highest BCUT2D eigenvalue weighted by molar-refractivity contribution is 6.13. The zero-order valence-electron chi connectivity index (χ0n) is 16.7. The summed E-state index contributed by atoms with van der Waals surface area (Å²) in [5.74, 6) is -3.04. The molecule has 0 radical (unpaired) electrons. The molecule has 0 heterocycles. The Morgan fingerprint density at radius 1 is 0.667 bits per heavy atom. The van der Waals surface area contributed by atoms with Gasteiger partial charge in [0.15, 0.2) is 5.78 Å². The van der Waals surface area contributed by atoms with Crippen LogP contribution in [0, 0.1) is 0 Å². The number of carbonyl (C=O) groups excluding carboxylic acids is 4. The van der Waals surface area contributed by atoms with Gasteiger partial charge in [0.1, 0.15) is 0 Å². The number of ketones is 1. The number of hydrogen-bond acceptors (Lipinski definition) is 7. The van der Waals surface area contributed by atoms with Gasteiger partial charge in [-0.25, -0.2) is 14.4 Å². The lowest BCUT2D eigenvalue weighted by Crippen LogP contribution is -2.18. The summed E-state index contributed by atoms with van der Waals surface area (Å²) in [6.45, 7) is 2.15. The van der Waals surface area contributed by atoms with Crippen LogP contribution in [-0.2, 0) is 33.4 Å². The van der Waals surface area contributed by atoms with Crippen LogP contribution < -0.4 is 0 Å². The van der Waals surface area contributed by atoms with Crippen LogP contribution in [0.25, 0.3) is 0 Å². The van der Waals surface area contributed by atoms with Gasteiger partial charge in [0.05, 0.1) is 32.5 Å². The Kier molecular flexibility index (Phi) is 13.4. The number of methoxy groups -OCH3 is 3. The largest absolute Gasteiger partial charge is 0.466 e. The highest BCUT2D eigenvalue weighted by Crippen LogP contribution is 2.16. The summed E-state index contributed by atoms with van der Waals surface area (Å²) in [6, 6.07) is 0. The van der Waals surface area contributed by atoms with Gasteiger partial charge in [-0.15, -0.1) is 0 Å². The molecule has 7 heteroatoms. The fourth-order valence-corrected chi connectivity index (χ4v) is 2.38. The summed E-state index contributed by atoms with van der Waals surface area (Å²) in [6.07, 6.45) is 9.44. The third-order valence-electron chi connectivity index (χ3n) is 3.90. The Morgan fingerprint density at radius 3 is 1.63 bits per heavy atom. The van der Waals surface area contributed by atoms with Gasteiger partial charge in [0.25, 0.3) is 0 Å². The maximum absolute atomic E-state index is 12.2. The number of hydrogen-bond donors (Lipinski definition) is 0. The zero-order valence-corrected chi connectivity index (χ0v) is 16.7. The summed E-state index contributed by atoms with van der Waals surface area (Å²) in [7, 11) is 3.34. The van der Waals surface area contributed by atoms with E-state index < -0.39 is 17.9 Å². The molecule has 0 rings (SSSR count). The molecule has 0 spiro atoms. The molecule has 0 fully saturated rings. The number of allylic oxidation sites excluding steroid dienone is 1. The third-order valence-corrected chi connectivity index (χ3v) is 3.90. The van der Waals surface area contributed by atoms with Crippen molar-refractivity contribution in [2.45, 2.75) is 58.3 Å². The SMILES string of the molecule is CCCCCCCCCC(=O)C=C(C(=O)OC)C(=CC(=O)OC)C(=O)OC. The lowest BCUT2D eigenvalue weighted by molar-refractivity contribution is -0.140. The molecular formula is C20H30O7. The average Bonchev–Trinajstić information content (AvgIpc) is 2.68. The van der Waals surface area contributed by atoms with Crippen LogP contribution in [0.1, 0.15) is 58.3 Å². The van der Waals surface area contributed by atoms with Crippen molar-refractivity contribution >= 4 is 23.7 Å². The molecule has 0 saturated heterocycles. The molecule has 152 valence electrons. The van der Waals surface area contributed by atoms with Gasteiger partial charge in [0.2, 0.25) is 0 Å².